The molecule has 0 fully saturated rings. The Bertz CT molecular complexity index is 890. The molecular formula is C24H32N2O4S. The quantitative estimate of drug-likeness (QED) is 0.551. The molecule has 1 atom stereocenters. The lowest BCUT2D eigenvalue weighted by Crippen LogP contribution is -2.35. The van der Waals surface area contributed by atoms with E-state index in [-0.39, 0.29) is 17.9 Å². The van der Waals surface area contributed by atoms with E-state index in [1.807, 2.05) is 47.4 Å². The van der Waals surface area contributed by atoms with Crippen molar-refractivity contribution in [1.29, 1.82) is 0 Å². The summed E-state index contributed by atoms with van der Waals surface area (Å²) in [6.45, 7) is 8.08. The molecule has 0 radical (unpaired) electrons. The van der Waals surface area contributed by atoms with Gasteiger partial charge >= 0.3 is 0 Å². The number of nitrogens with zero attached hydrogens (tertiary/aromatic N) is 2. The van der Waals surface area contributed by atoms with Gasteiger partial charge in [0, 0.05) is 36.5 Å². The highest BCUT2D eigenvalue weighted by molar-refractivity contribution is 8.00. The summed E-state index contributed by atoms with van der Waals surface area (Å²) in [5.74, 6) is 1.49. The minimum Gasteiger partial charge on any atom is -0.497 e. The molecule has 6 nitrogen and oxygen atoms in total. The Morgan fingerprint density at radius 2 is 2.00 bits per heavy atom. The summed E-state index contributed by atoms with van der Waals surface area (Å²) in [7, 11) is 1.64. The molecule has 1 aliphatic heterocycles. The van der Waals surface area contributed by atoms with Crippen LogP contribution < -0.4 is 14.4 Å². The summed E-state index contributed by atoms with van der Waals surface area (Å²) in [5.41, 5.74) is 1.85. The van der Waals surface area contributed by atoms with Crippen LogP contribution >= 0.6 is 11.8 Å². The zero-order chi connectivity index (χ0) is 22.4. The zero-order valence-corrected chi connectivity index (χ0v) is 19.5. The van der Waals surface area contributed by atoms with Gasteiger partial charge in [-0.3, -0.25) is 14.6 Å². The molecule has 31 heavy (non-hydrogen) atoms. The van der Waals surface area contributed by atoms with Crippen LogP contribution in [0.3, 0.4) is 0 Å². The second-order valence-electron chi connectivity index (χ2n) is 7.79. The minimum atomic E-state index is -0.207. The van der Waals surface area contributed by atoms with Crippen LogP contribution in [0.5, 0.6) is 11.5 Å². The van der Waals surface area contributed by atoms with E-state index in [2.05, 4.69) is 18.7 Å². The molecule has 0 aromatic heterocycles. The van der Waals surface area contributed by atoms with Gasteiger partial charge in [-0.25, -0.2) is 0 Å². The van der Waals surface area contributed by atoms with Crippen molar-refractivity contribution in [3.05, 3.63) is 48.0 Å². The fraction of sp³-hybridized carbons (Fsp3) is 0.458. The number of ether oxygens (including phenoxy) is 2. The third kappa shape index (κ3) is 5.53. The molecule has 0 bridgehead atoms. The smallest absolute Gasteiger partial charge is 0.225 e. The van der Waals surface area contributed by atoms with Crippen molar-refractivity contribution in [2.45, 2.75) is 43.5 Å². The number of methoxy groups -OCH3 is 1. The van der Waals surface area contributed by atoms with Crippen LogP contribution in [0.4, 0.5) is 5.69 Å². The number of hydrogen-bond acceptors (Lipinski definition) is 6. The van der Waals surface area contributed by atoms with Gasteiger partial charge in [0.2, 0.25) is 5.91 Å². The van der Waals surface area contributed by atoms with Crippen molar-refractivity contribution >= 4 is 23.4 Å². The van der Waals surface area contributed by atoms with Crippen LogP contribution in [0.15, 0.2) is 47.4 Å². The van der Waals surface area contributed by atoms with E-state index in [9.17, 15) is 9.90 Å². The maximum absolute atomic E-state index is 12.5. The molecule has 7 heteroatoms. The minimum absolute atomic E-state index is 0.00667. The second kappa shape index (κ2) is 10.9. The molecule has 1 N–H and O–H groups in total. The van der Waals surface area contributed by atoms with Gasteiger partial charge in [-0.05, 0) is 50.6 Å². The Labute approximate surface area is 189 Å². The number of rotatable bonds is 10. The number of carbonyl (C=O) groups is 1. The Balaban J connectivity index is 1.79. The Hall–Kier alpha value is -2.22. The highest BCUT2D eigenvalue weighted by Gasteiger charge is 2.35. The fourth-order valence-corrected chi connectivity index (χ4v) is 5.14. The molecule has 2 aromatic rings. The number of benzene rings is 2. The largest absolute Gasteiger partial charge is 0.497 e. The van der Waals surface area contributed by atoms with E-state index in [0.717, 1.165) is 40.6 Å². The molecule has 0 aliphatic carbocycles. The molecule has 168 valence electrons. The molecule has 1 unspecified atom stereocenters. The standard InChI is InChI=1S/C24H32N2O4S/c1-17(2)25(13-14-27)12-7-15-30-22-11-10-19(29-4)16-20(22)24-26(18(3)28)21-8-5-6-9-23(21)31-24/h5-6,8-11,16-17,24,27H,7,12-15H2,1-4H3. The van der Waals surface area contributed by atoms with Crippen LogP contribution in [-0.2, 0) is 4.79 Å². The van der Waals surface area contributed by atoms with Gasteiger partial charge in [-0.15, -0.1) is 0 Å². The predicted molar refractivity (Wildman–Crippen MR) is 125 cm³/mol. The van der Waals surface area contributed by atoms with Gasteiger partial charge in [0.25, 0.3) is 0 Å². The number of para-hydroxylation sites is 1. The van der Waals surface area contributed by atoms with Crippen molar-refractivity contribution in [1.82, 2.24) is 4.90 Å². The van der Waals surface area contributed by atoms with Crippen LogP contribution in [0, 0.1) is 0 Å². The third-order valence-corrected chi connectivity index (χ3v) is 6.67. The van der Waals surface area contributed by atoms with Gasteiger partial charge in [-0.1, -0.05) is 23.9 Å². The summed E-state index contributed by atoms with van der Waals surface area (Å²) >= 11 is 1.65. The van der Waals surface area contributed by atoms with Crippen LogP contribution in [0.1, 0.15) is 38.1 Å². The number of aliphatic hydroxyl groups excluding tert-OH is 1. The van der Waals surface area contributed by atoms with Crippen molar-refractivity contribution < 1.29 is 19.4 Å². The third-order valence-electron chi connectivity index (χ3n) is 5.38. The topological polar surface area (TPSA) is 62.2 Å². The first-order valence-corrected chi connectivity index (χ1v) is 11.5. The average molecular weight is 445 g/mol. The number of fused-ring (bicyclic) bond motifs is 1. The zero-order valence-electron chi connectivity index (χ0n) is 18.7. The molecule has 0 saturated carbocycles. The van der Waals surface area contributed by atoms with Crippen LogP contribution in [-0.4, -0.2) is 55.4 Å². The van der Waals surface area contributed by atoms with Gasteiger partial charge < -0.3 is 14.6 Å². The maximum Gasteiger partial charge on any atom is 0.225 e. The Kier molecular flexibility index (Phi) is 8.23. The van der Waals surface area contributed by atoms with Crippen molar-refractivity contribution in [2.75, 3.05) is 38.3 Å². The molecule has 0 saturated heterocycles. The lowest BCUT2D eigenvalue weighted by atomic mass is 10.1. The first kappa shape index (κ1) is 23.4. The lowest BCUT2D eigenvalue weighted by Gasteiger charge is -2.27. The van der Waals surface area contributed by atoms with Gasteiger partial charge in [0.15, 0.2) is 0 Å². The molecule has 2 aromatic carbocycles. The van der Waals surface area contributed by atoms with Gasteiger partial charge in [-0.2, -0.15) is 0 Å². The normalized spacial score (nSPS) is 15.5. The number of hydrogen-bond donors (Lipinski definition) is 1. The number of anilines is 1. The summed E-state index contributed by atoms with van der Waals surface area (Å²) in [5, 5.41) is 9.05. The Morgan fingerprint density at radius 3 is 2.68 bits per heavy atom. The lowest BCUT2D eigenvalue weighted by molar-refractivity contribution is -0.116. The number of amides is 1. The molecule has 0 spiro atoms. The van der Waals surface area contributed by atoms with Crippen LogP contribution in [0.25, 0.3) is 0 Å². The number of aliphatic hydroxyl groups is 1. The van der Waals surface area contributed by atoms with E-state index in [0.29, 0.717) is 19.2 Å². The Morgan fingerprint density at radius 1 is 1.23 bits per heavy atom. The van der Waals surface area contributed by atoms with Gasteiger partial charge in [0.05, 0.1) is 26.0 Å². The second-order valence-corrected chi connectivity index (χ2v) is 8.91. The highest BCUT2D eigenvalue weighted by Crippen LogP contribution is 2.53. The van der Waals surface area contributed by atoms with Crippen molar-refractivity contribution in [3.8, 4) is 11.5 Å². The first-order valence-electron chi connectivity index (χ1n) is 10.7. The molecular weight excluding hydrogens is 412 g/mol. The van der Waals surface area contributed by atoms with E-state index in [1.54, 1.807) is 25.8 Å². The highest BCUT2D eigenvalue weighted by atomic mass is 32.2. The fourth-order valence-electron chi connectivity index (χ4n) is 3.78. The van der Waals surface area contributed by atoms with Gasteiger partial charge in [0.1, 0.15) is 16.9 Å². The average Bonchev–Trinajstić information content (AvgIpc) is 3.15. The SMILES string of the molecule is COc1ccc(OCCCN(CCO)C(C)C)c(C2Sc3ccccc3N2C(C)=O)c1. The molecule has 1 heterocycles. The van der Waals surface area contributed by atoms with Crippen LogP contribution in [0.2, 0.25) is 0 Å². The maximum atomic E-state index is 12.5. The molecule has 1 aliphatic rings. The summed E-state index contributed by atoms with van der Waals surface area (Å²) in [4.78, 5) is 17.7. The van der Waals surface area contributed by atoms with E-state index in [1.165, 1.54) is 0 Å². The van der Waals surface area contributed by atoms with E-state index in [4.69, 9.17) is 9.47 Å². The van der Waals surface area contributed by atoms with Crippen molar-refractivity contribution in [3.63, 3.8) is 0 Å². The first-order chi connectivity index (χ1) is 15.0. The number of carbonyl (C=O) groups excluding carboxylic acids is 1. The summed E-state index contributed by atoms with van der Waals surface area (Å²) < 4.78 is 11.6. The summed E-state index contributed by atoms with van der Waals surface area (Å²) in [6.07, 6.45) is 0.845. The monoisotopic (exact) mass is 444 g/mol. The summed E-state index contributed by atoms with van der Waals surface area (Å²) in [6, 6.07) is 14.1. The molecule has 1 amide bonds. The van der Waals surface area contributed by atoms with E-state index >= 15 is 0 Å². The van der Waals surface area contributed by atoms with Crippen molar-refractivity contribution in [2.24, 2.45) is 0 Å². The van der Waals surface area contributed by atoms with E-state index < -0.39 is 0 Å². The molecule has 3 rings (SSSR count). The predicted octanol–water partition coefficient (Wildman–Crippen LogP) is 4.32. The number of thioether (sulfide) groups is 1.